The molecule has 0 aliphatic carbocycles. The molecule has 0 bridgehead atoms. The number of benzene rings is 2. The average molecular weight is 380 g/mol. The second-order valence-corrected chi connectivity index (χ2v) is 7.09. The number of nitrogens with zero attached hydrogens (tertiary/aromatic N) is 2. The minimum atomic E-state index is -0.295. The molecule has 1 atom stereocenters. The highest BCUT2D eigenvalue weighted by atomic mass is 35.5. The van der Waals surface area contributed by atoms with Crippen LogP contribution in [0.15, 0.2) is 60.8 Å². The lowest BCUT2D eigenvalue weighted by Crippen LogP contribution is -2.37. The fraction of sp³-hybridized carbons (Fsp3) is 0.190. The summed E-state index contributed by atoms with van der Waals surface area (Å²) in [6.07, 6.45) is 1.73. The Balaban J connectivity index is 1.44. The number of nitrogens with one attached hydrogen (secondary N) is 1. The number of hydrogen-bond acceptors (Lipinski definition) is 3. The predicted molar refractivity (Wildman–Crippen MR) is 104 cm³/mol. The van der Waals surface area contributed by atoms with Crippen molar-refractivity contribution in [2.45, 2.75) is 19.0 Å². The highest BCUT2D eigenvalue weighted by Gasteiger charge is 2.31. The summed E-state index contributed by atoms with van der Waals surface area (Å²) < 4.78 is 0. The highest BCUT2D eigenvalue weighted by molar-refractivity contribution is 6.30. The van der Waals surface area contributed by atoms with Crippen LogP contribution in [0.5, 0.6) is 0 Å². The molecule has 6 heteroatoms. The lowest BCUT2D eigenvalue weighted by molar-refractivity contribution is -0.128. The quantitative estimate of drug-likeness (QED) is 0.755. The topological polar surface area (TPSA) is 62.3 Å². The van der Waals surface area contributed by atoms with Crippen molar-refractivity contribution >= 4 is 34.2 Å². The number of aromatic nitrogens is 1. The van der Waals surface area contributed by atoms with Gasteiger partial charge in [-0.05, 0) is 28.5 Å². The summed E-state index contributed by atoms with van der Waals surface area (Å²) in [6, 6.07) is 17.2. The van der Waals surface area contributed by atoms with Crippen LogP contribution < -0.4 is 5.32 Å². The highest BCUT2D eigenvalue weighted by Crippen LogP contribution is 2.22. The van der Waals surface area contributed by atoms with E-state index < -0.39 is 0 Å². The van der Waals surface area contributed by atoms with Crippen molar-refractivity contribution in [2.24, 2.45) is 0 Å². The maximum atomic E-state index is 12.4. The molecule has 0 spiro atoms. The molecule has 27 heavy (non-hydrogen) atoms. The number of carbonyl (C=O) groups excluding carboxylic acids is 2. The van der Waals surface area contributed by atoms with Crippen LogP contribution in [-0.4, -0.2) is 34.3 Å². The van der Waals surface area contributed by atoms with Gasteiger partial charge in [0.25, 0.3) is 5.91 Å². The molecule has 0 unspecified atom stereocenters. The molecule has 1 saturated heterocycles. The van der Waals surface area contributed by atoms with Gasteiger partial charge in [-0.25, -0.2) is 4.98 Å². The molecule has 1 aliphatic heterocycles. The van der Waals surface area contributed by atoms with Crippen LogP contribution in [0.25, 0.3) is 10.8 Å². The number of fused-ring (bicyclic) bond motifs is 1. The molecule has 0 radical (unpaired) electrons. The van der Waals surface area contributed by atoms with E-state index in [0.717, 1.165) is 16.3 Å². The number of likely N-dealkylation sites (tertiary alicyclic amines) is 1. The molecule has 4 rings (SSSR count). The molecule has 2 heterocycles. The van der Waals surface area contributed by atoms with Crippen LogP contribution in [0.2, 0.25) is 5.02 Å². The maximum absolute atomic E-state index is 12.4. The Hall–Kier alpha value is -2.92. The van der Waals surface area contributed by atoms with E-state index in [9.17, 15) is 9.59 Å². The van der Waals surface area contributed by atoms with Gasteiger partial charge in [-0.1, -0.05) is 54.1 Å². The Labute approximate surface area is 162 Å². The molecule has 5 nitrogen and oxygen atoms in total. The molecule has 1 aromatic heterocycles. The van der Waals surface area contributed by atoms with Crippen molar-refractivity contribution in [3.8, 4) is 0 Å². The van der Waals surface area contributed by atoms with E-state index in [1.165, 1.54) is 6.20 Å². The molecule has 2 amide bonds. The molecule has 3 aromatic rings. The number of hydrogen-bond donors (Lipinski definition) is 1. The summed E-state index contributed by atoms with van der Waals surface area (Å²) in [4.78, 5) is 30.6. The molecule has 136 valence electrons. The van der Waals surface area contributed by atoms with E-state index in [1.54, 1.807) is 17.0 Å². The van der Waals surface area contributed by atoms with E-state index in [-0.39, 0.29) is 17.9 Å². The second-order valence-electron chi connectivity index (χ2n) is 6.65. The van der Waals surface area contributed by atoms with Gasteiger partial charge in [0.2, 0.25) is 5.91 Å². The Morgan fingerprint density at radius 3 is 2.78 bits per heavy atom. The van der Waals surface area contributed by atoms with Crippen molar-refractivity contribution in [1.29, 1.82) is 0 Å². The zero-order valence-electron chi connectivity index (χ0n) is 14.6. The lowest BCUT2D eigenvalue weighted by atomic mass is 10.0. The van der Waals surface area contributed by atoms with Crippen molar-refractivity contribution < 1.29 is 9.59 Å². The van der Waals surface area contributed by atoms with Crippen LogP contribution in [-0.2, 0) is 11.3 Å². The third-order valence-corrected chi connectivity index (χ3v) is 4.97. The summed E-state index contributed by atoms with van der Waals surface area (Å²) in [5.41, 5.74) is 1.40. The number of carbonyl (C=O) groups is 2. The summed E-state index contributed by atoms with van der Waals surface area (Å²) in [5, 5.41) is 5.66. The molecule has 2 aromatic carbocycles. The predicted octanol–water partition coefficient (Wildman–Crippen LogP) is 3.42. The zero-order valence-corrected chi connectivity index (χ0v) is 15.3. The van der Waals surface area contributed by atoms with E-state index in [0.29, 0.717) is 30.2 Å². The van der Waals surface area contributed by atoms with Crippen molar-refractivity contribution in [3.63, 3.8) is 0 Å². The summed E-state index contributed by atoms with van der Waals surface area (Å²) in [5.74, 6) is -0.256. The third kappa shape index (κ3) is 3.78. The lowest BCUT2D eigenvalue weighted by Gasteiger charge is -2.18. The summed E-state index contributed by atoms with van der Waals surface area (Å²) in [6.45, 7) is 1.02. The molecule has 1 fully saturated rings. The first-order valence-electron chi connectivity index (χ1n) is 8.77. The summed E-state index contributed by atoms with van der Waals surface area (Å²) in [7, 11) is 0. The first kappa shape index (κ1) is 17.5. The second kappa shape index (κ2) is 7.37. The Bertz CT molecular complexity index is 998. The first-order chi connectivity index (χ1) is 13.1. The van der Waals surface area contributed by atoms with Gasteiger partial charge < -0.3 is 10.2 Å². The number of halogens is 1. The van der Waals surface area contributed by atoms with E-state index >= 15 is 0 Å². The van der Waals surface area contributed by atoms with Crippen LogP contribution in [0.4, 0.5) is 0 Å². The molecule has 0 saturated carbocycles. The number of rotatable bonds is 4. The number of amides is 2. The van der Waals surface area contributed by atoms with E-state index in [2.05, 4.69) is 28.5 Å². The van der Waals surface area contributed by atoms with Gasteiger partial charge in [-0.15, -0.1) is 0 Å². The summed E-state index contributed by atoms with van der Waals surface area (Å²) >= 11 is 5.80. The SMILES string of the molecule is O=C(N[C@H]1CC(=O)N(Cc2cccc3ccccc23)C1)c1ccc(Cl)cn1. The third-order valence-electron chi connectivity index (χ3n) is 4.75. The van der Waals surface area contributed by atoms with Crippen LogP contribution in [0.1, 0.15) is 22.5 Å². The van der Waals surface area contributed by atoms with Gasteiger partial charge in [0, 0.05) is 25.7 Å². The maximum Gasteiger partial charge on any atom is 0.270 e. The largest absolute Gasteiger partial charge is 0.346 e. The van der Waals surface area contributed by atoms with Gasteiger partial charge in [-0.2, -0.15) is 0 Å². The number of pyridine rings is 1. The Kier molecular flexibility index (Phi) is 4.77. The molecular formula is C21H18ClN3O2. The minimum Gasteiger partial charge on any atom is -0.346 e. The van der Waals surface area contributed by atoms with Gasteiger partial charge in [0.15, 0.2) is 0 Å². The van der Waals surface area contributed by atoms with Crippen LogP contribution in [0.3, 0.4) is 0 Å². The van der Waals surface area contributed by atoms with Crippen molar-refractivity contribution in [1.82, 2.24) is 15.2 Å². The first-order valence-corrected chi connectivity index (χ1v) is 9.15. The zero-order chi connectivity index (χ0) is 18.8. The van der Waals surface area contributed by atoms with Crippen LogP contribution in [0, 0.1) is 0 Å². The minimum absolute atomic E-state index is 0.0392. The van der Waals surface area contributed by atoms with Crippen LogP contribution >= 0.6 is 11.6 Å². The fourth-order valence-corrected chi connectivity index (χ4v) is 3.54. The van der Waals surface area contributed by atoms with E-state index in [4.69, 9.17) is 11.6 Å². The van der Waals surface area contributed by atoms with Gasteiger partial charge in [0.1, 0.15) is 5.69 Å². The van der Waals surface area contributed by atoms with Crippen molar-refractivity contribution in [2.75, 3.05) is 6.54 Å². The molecule has 1 N–H and O–H groups in total. The monoisotopic (exact) mass is 379 g/mol. The average Bonchev–Trinajstić information content (AvgIpc) is 3.01. The Morgan fingerprint density at radius 1 is 1.15 bits per heavy atom. The van der Waals surface area contributed by atoms with Gasteiger partial charge in [-0.3, -0.25) is 9.59 Å². The molecule has 1 aliphatic rings. The Morgan fingerprint density at radius 2 is 1.96 bits per heavy atom. The molecular weight excluding hydrogens is 362 g/mol. The van der Waals surface area contributed by atoms with Crippen molar-refractivity contribution in [3.05, 3.63) is 77.1 Å². The van der Waals surface area contributed by atoms with Gasteiger partial charge in [0.05, 0.1) is 11.1 Å². The fourth-order valence-electron chi connectivity index (χ4n) is 3.43. The normalized spacial score (nSPS) is 16.7. The standard InChI is InChI=1S/C21H18ClN3O2/c22-16-8-9-19(23-11-16)21(27)24-17-10-20(26)25(13-17)12-15-6-3-5-14-4-1-2-7-18(14)15/h1-9,11,17H,10,12-13H2,(H,24,27)/t17-/m0/s1. The smallest absolute Gasteiger partial charge is 0.270 e. The van der Waals surface area contributed by atoms with E-state index in [1.807, 2.05) is 24.3 Å². The van der Waals surface area contributed by atoms with Gasteiger partial charge >= 0.3 is 0 Å².